The molecule has 0 spiro atoms. The van der Waals surface area contributed by atoms with Gasteiger partial charge in [0.2, 0.25) is 0 Å². The normalized spacial score (nSPS) is 11.0. The van der Waals surface area contributed by atoms with Crippen molar-refractivity contribution in [2.24, 2.45) is 0 Å². The topological polar surface area (TPSA) is 120 Å². The number of carbonyl (C=O) groups excluding carboxylic acids is 1. The molecular formula is C28H27N3O5S. The van der Waals surface area contributed by atoms with Gasteiger partial charge in [0.1, 0.15) is 11.5 Å². The molecule has 8 nitrogen and oxygen atoms in total. The maximum Gasteiger partial charge on any atom is 0.340 e. The van der Waals surface area contributed by atoms with Crippen LogP contribution in [0.3, 0.4) is 0 Å². The van der Waals surface area contributed by atoms with Gasteiger partial charge in [-0.1, -0.05) is 48.0 Å². The Labute approximate surface area is 216 Å². The molecule has 0 saturated carbocycles. The van der Waals surface area contributed by atoms with E-state index < -0.39 is 16.0 Å². The molecule has 4 aromatic carbocycles. The molecule has 9 heteroatoms. The quantitative estimate of drug-likeness (QED) is 0.196. The van der Waals surface area contributed by atoms with Crippen LogP contribution in [-0.4, -0.2) is 21.5 Å². The van der Waals surface area contributed by atoms with Gasteiger partial charge in [-0.25, -0.2) is 13.2 Å². The second-order valence-electron chi connectivity index (χ2n) is 8.31. The van der Waals surface area contributed by atoms with Crippen LogP contribution in [0.2, 0.25) is 0 Å². The number of hydrogen-bond donors (Lipinski definition) is 3. The van der Waals surface area contributed by atoms with Crippen molar-refractivity contribution in [1.82, 2.24) is 0 Å². The lowest BCUT2D eigenvalue weighted by Gasteiger charge is -2.15. The molecule has 37 heavy (non-hydrogen) atoms. The first-order chi connectivity index (χ1) is 17.7. The molecule has 0 unspecified atom stereocenters. The van der Waals surface area contributed by atoms with Crippen molar-refractivity contribution in [3.63, 3.8) is 0 Å². The van der Waals surface area contributed by atoms with Gasteiger partial charge in [-0.15, -0.1) is 0 Å². The fourth-order valence-corrected chi connectivity index (χ4v) is 4.64. The number of anilines is 3. The van der Waals surface area contributed by atoms with E-state index in [-0.39, 0.29) is 16.1 Å². The van der Waals surface area contributed by atoms with Crippen LogP contribution in [0.1, 0.15) is 21.5 Å². The third-order valence-electron chi connectivity index (χ3n) is 5.56. The summed E-state index contributed by atoms with van der Waals surface area (Å²) in [6.45, 7) is 2.44. The van der Waals surface area contributed by atoms with Gasteiger partial charge in [0, 0.05) is 12.6 Å². The lowest BCUT2D eigenvalue weighted by Crippen LogP contribution is -2.16. The molecule has 4 aromatic rings. The molecule has 4 N–H and O–H groups in total. The number of aryl methyl sites for hydroxylation is 1. The molecule has 0 radical (unpaired) electrons. The van der Waals surface area contributed by atoms with Gasteiger partial charge < -0.3 is 20.5 Å². The average molecular weight is 518 g/mol. The van der Waals surface area contributed by atoms with E-state index in [0.29, 0.717) is 29.4 Å². The summed E-state index contributed by atoms with van der Waals surface area (Å²) in [6.07, 6.45) is 0. The summed E-state index contributed by atoms with van der Waals surface area (Å²) >= 11 is 0. The molecule has 0 atom stereocenters. The van der Waals surface area contributed by atoms with Crippen molar-refractivity contribution in [3.05, 3.63) is 108 Å². The third-order valence-corrected chi connectivity index (χ3v) is 6.94. The van der Waals surface area contributed by atoms with Crippen LogP contribution in [0.15, 0.2) is 95.9 Å². The largest absolute Gasteiger partial charge is 0.465 e. The minimum Gasteiger partial charge on any atom is -0.465 e. The Morgan fingerprint density at radius 2 is 1.54 bits per heavy atom. The van der Waals surface area contributed by atoms with E-state index in [9.17, 15) is 13.2 Å². The number of nitrogen functional groups attached to an aromatic ring is 1. The standard InChI is InChI=1S/C28H27N3O5S/c1-19-8-12-23(13-9-19)37(33,34)31-26-15-11-21(16-24(26)28(32)35-2)36-22-10-14-25(29)27(17-22)30-18-20-6-4-3-5-7-20/h3-17,30-31H,18,29H2,1-2H3. The fraction of sp³-hybridized carbons (Fsp3) is 0.107. The van der Waals surface area contributed by atoms with E-state index >= 15 is 0 Å². The minimum atomic E-state index is -3.93. The van der Waals surface area contributed by atoms with Crippen LogP contribution < -0.4 is 20.5 Å². The molecule has 0 fully saturated rings. The van der Waals surface area contributed by atoms with Gasteiger partial charge in [0.15, 0.2) is 0 Å². The Kier molecular flexibility index (Phi) is 7.64. The molecule has 4 rings (SSSR count). The molecule has 0 saturated heterocycles. The number of nitrogens with two attached hydrogens (primary N) is 1. The first-order valence-electron chi connectivity index (χ1n) is 11.4. The first-order valence-corrected chi connectivity index (χ1v) is 12.9. The Morgan fingerprint density at radius 3 is 2.24 bits per heavy atom. The van der Waals surface area contributed by atoms with Crippen molar-refractivity contribution in [3.8, 4) is 11.5 Å². The Balaban J connectivity index is 1.56. The predicted octanol–water partition coefficient (Wildman–Crippen LogP) is 5.57. The van der Waals surface area contributed by atoms with Crippen molar-refractivity contribution < 1.29 is 22.7 Å². The van der Waals surface area contributed by atoms with Crippen LogP contribution in [-0.2, 0) is 21.3 Å². The summed E-state index contributed by atoms with van der Waals surface area (Å²) in [6, 6.07) is 25.9. The maximum absolute atomic E-state index is 12.9. The summed E-state index contributed by atoms with van der Waals surface area (Å²) < 4.78 is 39.0. The van der Waals surface area contributed by atoms with Gasteiger partial charge in [-0.05, 0) is 55.0 Å². The molecular weight excluding hydrogens is 490 g/mol. The molecule has 0 aliphatic heterocycles. The maximum atomic E-state index is 12.9. The minimum absolute atomic E-state index is 0.00792. The van der Waals surface area contributed by atoms with Crippen molar-refractivity contribution in [1.29, 1.82) is 0 Å². The zero-order chi connectivity index (χ0) is 26.4. The number of carbonyl (C=O) groups is 1. The number of rotatable bonds is 9. The number of methoxy groups -OCH3 is 1. The van der Waals surface area contributed by atoms with Crippen LogP contribution in [0, 0.1) is 6.92 Å². The van der Waals surface area contributed by atoms with E-state index in [1.807, 2.05) is 37.3 Å². The zero-order valence-corrected chi connectivity index (χ0v) is 21.2. The number of hydrogen-bond acceptors (Lipinski definition) is 7. The molecule has 0 heterocycles. The highest BCUT2D eigenvalue weighted by Crippen LogP contribution is 2.32. The van der Waals surface area contributed by atoms with Crippen molar-refractivity contribution in [2.45, 2.75) is 18.4 Å². The fourth-order valence-electron chi connectivity index (χ4n) is 3.56. The molecule has 0 aliphatic carbocycles. The van der Waals surface area contributed by atoms with Gasteiger partial charge in [0.25, 0.3) is 10.0 Å². The molecule has 0 amide bonds. The van der Waals surface area contributed by atoms with E-state index in [1.165, 1.54) is 31.4 Å². The van der Waals surface area contributed by atoms with Crippen LogP contribution >= 0.6 is 0 Å². The van der Waals surface area contributed by atoms with Crippen LogP contribution in [0.5, 0.6) is 11.5 Å². The highest BCUT2D eigenvalue weighted by atomic mass is 32.2. The highest BCUT2D eigenvalue weighted by Gasteiger charge is 2.20. The lowest BCUT2D eigenvalue weighted by atomic mass is 10.1. The van der Waals surface area contributed by atoms with Crippen LogP contribution in [0.25, 0.3) is 0 Å². The van der Waals surface area contributed by atoms with Crippen LogP contribution in [0.4, 0.5) is 17.1 Å². The second-order valence-corrected chi connectivity index (χ2v) is 9.99. The third kappa shape index (κ3) is 6.39. The number of nitrogens with one attached hydrogen (secondary N) is 2. The van der Waals surface area contributed by atoms with Gasteiger partial charge >= 0.3 is 5.97 Å². The summed E-state index contributed by atoms with van der Waals surface area (Å²) in [5, 5.41) is 3.29. The summed E-state index contributed by atoms with van der Waals surface area (Å²) in [4.78, 5) is 12.6. The number of sulfonamides is 1. The predicted molar refractivity (Wildman–Crippen MR) is 144 cm³/mol. The van der Waals surface area contributed by atoms with E-state index in [1.54, 1.807) is 36.4 Å². The number of benzene rings is 4. The summed E-state index contributed by atoms with van der Waals surface area (Å²) in [5.41, 5.74) is 9.47. The molecule has 190 valence electrons. The second kappa shape index (κ2) is 11.0. The van der Waals surface area contributed by atoms with Crippen molar-refractivity contribution in [2.75, 3.05) is 22.9 Å². The monoisotopic (exact) mass is 517 g/mol. The highest BCUT2D eigenvalue weighted by molar-refractivity contribution is 7.92. The number of esters is 1. The van der Waals surface area contributed by atoms with Gasteiger partial charge in [0.05, 0.1) is 34.6 Å². The smallest absolute Gasteiger partial charge is 0.340 e. The zero-order valence-electron chi connectivity index (χ0n) is 20.4. The van der Waals surface area contributed by atoms with Crippen molar-refractivity contribution >= 4 is 33.1 Å². The Hall–Kier alpha value is -4.50. The lowest BCUT2D eigenvalue weighted by molar-refractivity contribution is 0.0601. The van der Waals surface area contributed by atoms with E-state index in [4.69, 9.17) is 15.2 Å². The average Bonchev–Trinajstić information content (AvgIpc) is 2.90. The SMILES string of the molecule is COC(=O)c1cc(Oc2ccc(N)c(NCc3ccccc3)c2)ccc1NS(=O)(=O)c1ccc(C)cc1. The van der Waals surface area contributed by atoms with E-state index in [2.05, 4.69) is 10.0 Å². The Morgan fingerprint density at radius 1 is 0.865 bits per heavy atom. The first kappa shape index (κ1) is 25.6. The van der Waals surface area contributed by atoms with Gasteiger partial charge in [-0.3, -0.25) is 4.72 Å². The summed E-state index contributed by atoms with van der Waals surface area (Å²) in [7, 11) is -2.71. The molecule has 0 aliphatic rings. The molecule has 0 aromatic heterocycles. The Bertz CT molecular complexity index is 1510. The molecule has 0 bridgehead atoms. The van der Waals surface area contributed by atoms with E-state index in [0.717, 1.165) is 11.1 Å². The summed E-state index contributed by atoms with van der Waals surface area (Å²) in [5.74, 6) is 0.0839. The number of ether oxygens (including phenoxy) is 2. The van der Waals surface area contributed by atoms with Gasteiger partial charge in [-0.2, -0.15) is 0 Å².